The molecule has 4 aliphatic heterocycles. The molecule has 4 heterocycles. The van der Waals surface area contributed by atoms with E-state index >= 15 is 0 Å². The number of piperidine rings is 4. The van der Waals surface area contributed by atoms with Crippen molar-refractivity contribution in [3.8, 4) is 11.5 Å². The van der Waals surface area contributed by atoms with Gasteiger partial charge in [-0.2, -0.15) is 0 Å². The van der Waals surface area contributed by atoms with Crippen molar-refractivity contribution in [3.05, 3.63) is 23.8 Å². The van der Waals surface area contributed by atoms with Gasteiger partial charge in [0.05, 0.1) is 32.3 Å². The number of nitrogens with zero attached hydrogens (tertiary/aromatic N) is 2. The summed E-state index contributed by atoms with van der Waals surface area (Å²) in [7, 11) is 3.10. The molecule has 2 bridgehead atoms. The molecule has 1 aromatic rings. The second kappa shape index (κ2) is 8.56. The van der Waals surface area contributed by atoms with E-state index < -0.39 is 6.10 Å². The number of benzene rings is 1. The Morgan fingerprint density at radius 1 is 1.03 bits per heavy atom. The van der Waals surface area contributed by atoms with Crippen LogP contribution in [0.25, 0.3) is 0 Å². The quantitative estimate of drug-likeness (QED) is 0.707. The number of aliphatic hydroxyl groups is 1. The van der Waals surface area contributed by atoms with Crippen LogP contribution in [0, 0.1) is 11.8 Å². The van der Waals surface area contributed by atoms with E-state index in [-0.39, 0.29) is 30.4 Å². The maximum absolute atomic E-state index is 12.8. The van der Waals surface area contributed by atoms with Crippen LogP contribution >= 0.6 is 0 Å². The Hall–Kier alpha value is -2.32. The smallest absolute Gasteiger partial charge is 0.338 e. The van der Waals surface area contributed by atoms with E-state index in [1.165, 1.54) is 0 Å². The normalized spacial score (nSPS) is 34.3. The molecule has 32 heavy (non-hydrogen) atoms. The van der Waals surface area contributed by atoms with Gasteiger partial charge < -0.3 is 24.2 Å². The number of hydrogen-bond acceptors (Lipinski definition) is 7. The predicted molar refractivity (Wildman–Crippen MR) is 116 cm³/mol. The Balaban J connectivity index is 1.25. The largest absolute Gasteiger partial charge is 0.493 e. The van der Waals surface area contributed by atoms with Crippen LogP contribution in [0.5, 0.6) is 11.5 Å². The van der Waals surface area contributed by atoms with Gasteiger partial charge in [-0.05, 0) is 49.3 Å². The number of esters is 1. The van der Waals surface area contributed by atoms with Crippen molar-refractivity contribution in [3.63, 3.8) is 0 Å². The molecule has 0 saturated carbocycles. The van der Waals surface area contributed by atoms with E-state index in [0.29, 0.717) is 41.4 Å². The van der Waals surface area contributed by atoms with Crippen LogP contribution in [-0.4, -0.2) is 84.9 Å². The summed E-state index contributed by atoms with van der Waals surface area (Å²) < 4.78 is 16.5. The minimum atomic E-state index is -0.500. The van der Waals surface area contributed by atoms with E-state index in [9.17, 15) is 14.7 Å². The highest BCUT2D eigenvalue weighted by molar-refractivity contribution is 5.90. The monoisotopic (exact) mass is 444 g/mol. The van der Waals surface area contributed by atoms with Crippen LogP contribution in [-0.2, 0) is 9.53 Å². The molecular formula is C24H32N2O6. The number of methoxy groups -OCH3 is 2. The number of carbonyl (C=O) groups excluding carboxylic acids is 2. The first-order chi connectivity index (χ1) is 15.5. The number of aliphatic hydroxyl groups excluding tert-OH is 1. The topological polar surface area (TPSA) is 88.5 Å². The summed E-state index contributed by atoms with van der Waals surface area (Å²) in [5, 5.41) is 10.1. The van der Waals surface area contributed by atoms with E-state index in [2.05, 4.69) is 4.90 Å². The van der Waals surface area contributed by atoms with Gasteiger partial charge in [0.25, 0.3) is 0 Å². The summed E-state index contributed by atoms with van der Waals surface area (Å²) in [5.74, 6) is 1.64. The molecule has 0 aliphatic carbocycles. The third kappa shape index (κ3) is 3.83. The second-order valence-corrected chi connectivity index (χ2v) is 9.65. The number of rotatable bonds is 4. The summed E-state index contributed by atoms with van der Waals surface area (Å²) in [6.07, 6.45) is 3.00. The van der Waals surface area contributed by atoms with Crippen molar-refractivity contribution in [2.45, 2.75) is 56.4 Å². The lowest BCUT2D eigenvalue weighted by Crippen LogP contribution is -2.66. The van der Waals surface area contributed by atoms with E-state index in [0.717, 1.165) is 38.9 Å². The highest BCUT2D eigenvalue weighted by atomic mass is 16.5. The zero-order valence-corrected chi connectivity index (χ0v) is 18.7. The van der Waals surface area contributed by atoms with Crippen molar-refractivity contribution in [2.75, 3.05) is 33.9 Å². The molecule has 1 amide bonds. The van der Waals surface area contributed by atoms with Gasteiger partial charge in [0.15, 0.2) is 11.5 Å². The van der Waals surface area contributed by atoms with Crippen LogP contribution in [0.4, 0.5) is 0 Å². The van der Waals surface area contributed by atoms with Gasteiger partial charge in [-0.25, -0.2) is 4.79 Å². The predicted octanol–water partition coefficient (Wildman–Crippen LogP) is 1.70. The summed E-state index contributed by atoms with van der Waals surface area (Å²) in [5.41, 5.74) is 0.451. The Labute approximate surface area is 188 Å². The fourth-order valence-corrected chi connectivity index (χ4v) is 6.35. The Morgan fingerprint density at radius 3 is 2.59 bits per heavy atom. The van der Waals surface area contributed by atoms with Gasteiger partial charge in [-0.15, -0.1) is 0 Å². The third-order valence-corrected chi connectivity index (χ3v) is 7.84. The fraction of sp³-hybridized carbons (Fsp3) is 0.667. The van der Waals surface area contributed by atoms with E-state index in [1.807, 2.05) is 4.90 Å². The molecule has 6 unspecified atom stereocenters. The lowest BCUT2D eigenvalue weighted by Gasteiger charge is -2.57. The first kappa shape index (κ1) is 21.5. The fourth-order valence-electron chi connectivity index (χ4n) is 6.35. The van der Waals surface area contributed by atoms with Gasteiger partial charge >= 0.3 is 5.97 Å². The highest BCUT2D eigenvalue weighted by Gasteiger charge is 2.50. The maximum Gasteiger partial charge on any atom is 0.338 e. The molecule has 0 aromatic heterocycles. The zero-order valence-electron chi connectivity index (χ0n) is 18.7. The van der Waals surface area contributed by atoms with Crippen molar-refractivity contribution in [1.82, 2.24) is 9.80 Å². The van der Waals surface area contributed by atoms with Crippen molar-refractivity contribution in [2.24, 2.45) is 11.8 Å². The molecule has 4 aliphatic rings. The Kier molecular flexibility index (Phi) is 5.75. The number of ether oxygens (including phenoxy) is 3. The standard InChI is InChI=1S/C24H32N2O6/c1-30-21-4-3-14(8-22(21)31-2)24(29)32-18-5-6-25-12-15-7-16(19(25)11-18)13-26-20(15)9-17(27)10-23(26)28/h3-4,8,15-20,27H,5-7,9-13H2,1-2H3. The minimum Gasteiger partial charge on any atom is -0.493 e. The van der Waals surface area contributed by atoms with Crippen LogP contribution in [0.3, 0.4) is 0 Å². The molecule has 0 spiro atoms. The van der Waals surface area contributed by atoms with Gasteiger partial charge in [-0.3, -0.25) is 9.69 Å². The molecular weight excluding hydrogens is 412 g/mol. The molecule has 1 aromatic carbocycles. The van der Waals surface area contributed by atoms with Crippen LogP contribution < -0.4 is 9.47 Å². The second-order valence-electron chi connectivity index (χ2n) is 9.65. The number of fused-ring (bicyclic) bond motifs is 6. The molecule has 0 radical (unpaired) electrons. The molecule has 1 N–H and O–H groups in total. The molecule has 5 rings (SSSR count). The van der Waals surface area contributed by atoms with Gasteiger partial charge in [0, 0.05) is 38.1 Å². The van der Waals surface area contributed by atoms with Crippen LogP contribution in [0.1, 0.15) is 42.5 Å². The minimum absolute atomic E-state index is 0.0872. The number of amides is 1. The summed E-state index contributed by atoms with van der Waals surface area (Å²) in [4.78, 5) is 29.9. The van der Waals surface area contributed by atoms with Gasteiger partial charge in [0.2, 0.25) is 5.91 Å². The molecule has 8 nitrogen and oxygen atoms in total. The first-order valence-electron chi connectivity index (χ1n) is 11.6. The number of carbonyl (C=O) groups is 2. The average Bonchev–Trinajstić information content (AvgIpc) is 2.79. The van der Waals surface area contributed by atoms with Crippen LogP contribution in [0.15, 0.2) is 18.2 Å². The summed E-state index contributed by atoms with van der Waals surface area (Å²) in [6.45, 7) is 2.60. The summed E-state index contributed by atoms with van der Waals surface area (Å²) >= 11 is 0. The average molecular weight is 445 g/mol. The lowest BCUT2D eigenvalue weighted by atomic mass is 9.70. The lowest BCUT2D eigenvalue weighted by molar-refractivity contribution is -0.156. The molecule has 174 valence electrons. The first-order valence-corrected chi connectivity index (χ1v) is 11.6. The molecule has 4 saturated heterocycles. The molecule has 4 fully saturated rings. The van der Waals surface area contributed by atoms with Crippen LogP contribution in [0.2, 0.25) is 0 Å². The molecule has 8 heteroatoms. The zero-order chi connectivity index (χ0) is 22.4. The van der Waals surface area contributed by atoms with Crippen molar-refractivity contribution >= 4 is 11.9 Å². The Bertz CT molecular complexity index is 891. The Morgan fingerprint density at radius 2 is 1.81 bits per heavy atom. The summed E-state index contributed by atoms with van der Waals surface area (Å²) in [6, 6.07) is 5.55. The van der Waals surface area contributed by atoms with Crippen molar-refractivity contribution in [1.29, 1.82) is 0 Å². The SMILES string of the molecule is COc1ccc(C(=O)OC2CCN3CC4CC(CN5C(=O)CC(O)CC45)C3C2)cc1OC. The van der Waals surface area contributed by atoms with Gasteiger partial charge in [0.1, 0.15) is 6.10 Å². The highest BCUT2D eigenvalue weighted by Crippen LogP contribution is 2.43. The third-order valence-electron chi connectivity index (χ3n) is 7.84. The van der Waals surface area contributed by atoms with E-state index in [1.54, 1.807) is 32.4 Å². The maximum atomic E-state index is 12.8. The molecule has 6 atom stereocenters. The van der Waals surface area contributed by atoms with E-state index in [4.69, 9.17) is 14.2 Å². The van der Waals surface area contributed by atoms with Crippen molar-refractivity contribution < 1.29 is 28.9 Å². The number of hydrogen-bond donors (Lipinski definition) is 1. The van der Waals surface area contributed by atoms with Gasteiger partial charge in [-0.1, -0.05) is 0 Å².